The molecule has 17 nitrogen and oxygen atoms in total. The Bertz CT molecular complexity index is 2480. The fourth-order valence-electron chi connectivity index (χ4n) is 10.5. The summed E-state index contributed by atoms with van der Waals surface area (Å²) in [6.07, 6.45) is 4.56. The molecule has 72 heavy (non-hydrogen) atoms. The number of pyridine rings is 1. The number of ether oxygens (including phenoxy) is 3. The van der Waals surface area contributed by atoms with Crippen LogP contribution in [-0.2, 0) is 30.0 Å². The number of amides is 4. The highest BCUT2D eigenvalue weighted by atomic mass is 19.4. The Balaban J connectivity index is 0.749. The average Bonchev–Trinajstić information content (AvgIpc) is 3.89. The molecule has 3 saturated heterocycles. The van der Waals surface area contributed by atoms with E-state index < -0.39 is 23.7 Å². The van der Waals surface area contributed by atoms with Gasteiger partial charge in [0.1, 0.15) is 30.0 Å². The number of carbonyl (C=O) groups excluding carboxylic acids is 4. The van der Waals surface area contributed by atoms with Crippen LogP contribution in [0.4, 0.5) is 19.0 Å². The molecule has 4 aromatic rings. The van der Waals surface area contributed by atoms with Crippen LogP contribution in [0.1, 0.15) is 86.3 Å². The van der Waals surface area contributed by atoms with Gasteiger partial charge >= 0.3 is 6.18 Å². The first-order valence-corrected chi connectivity index (χ1v) is 25.1. The van der Waals surface area contributed by atoms with Gasteiger partial charge in [-0.05, 0) is 114 Å². The minimum Gasteiger partial charge on any atom is -0.490 e. The van der Waals surface area contributed by atoms with Crippen LogP contribution in [0.2, 0.25) is 0 Å². The van der Waals surface area contributed by atoms with Crippen molar-refractivity contribution in [3.63, 3.8) is 0 Å². The van der Waals surface area contributed by atoms with Gasteiger partial charge in [0.15, 0.2) is 0 Å². The summed E-state index contributed by atoms with van der Waals surface area (Å²) in [5.41, 5.74) is 0.829. The van der Waals surface area contributed by atoms with Gasteiger partial charge < -0.3 is 49.8 Å². The predicted octanol–water partition coefficient (Wildman–Crippen LogP) is 5.33. The number of halogens is 3. The fourth-order valence-corrected chi connectivity index (χ4v) is 10.5. The lowest BCUT2D eigenvalue weighted by Crippen LogP contribution is -2.58. The number of nitrogens with zero attached hydrogens (tertiary/aromatic N) is 7. The lowest BCUT2D eigenvalue weighted by Gasteiger charge is -2.44. The quantitative estimate of drug-likeness (QED) is 0.0968. The molecule has 3 N–H and O–H groups in total. The van der Waals surface area contributed by atoms with Crippen LogP contribution in [0, 0.1) is 5.92 Å². The summed E-state index contributed by atoms with van der Waals surface area (Å²) in [6, 6.07) is 13.0. The van der Waals surface area contributed by atoms with Crippen LogP contribution in [0.5, 0.6) is 5.75 Å². The van der Waals surface area contributed by atoms with Gasteiger partial charge in [-0.3, -0.25) is 24.2 Å². The molecular weight excluding hydrogens is 934 g/mol. The minimum absolute atomic E-state index is 0.0339. The van der Waals surface area contributed by atoms with Crippen LogP contribution >= 0.6 is 0 Å². The fraction of sp³-hybridized carbons (Fsp3) is 0.558. The van der Waals surface area contributed by atoms with Gasteiger partial charge in [-0.2, -0.15) is 13.2 Å². The monoisotopic (exact) mass is 1000 g/mol. The third-order valence-corrected chi connectivity index (χ3v) is 14.8. The third-order valence-electron chi connectivity index (χ3n) is 14.8. The van der Waals surface area contributed by atoms with Crippen molar-refractivity contribution in [1.29, 1.82) is 0 Å². The molecule has 388 valence electrons. The van der Waals surface area contributed by atoms with E-state index in [0.29, 0.717) is 75.6 Å². The van der Waals surface area contributed by atoms with Gasteiger partial charge in [-0.15, -0.1) is 0 Å². The molecule has 20 heteroatoms. The molecular formula is C52H67F3N10O7. The molecule has 0 radical (unpaired) electrons. The summed E-state index contributed by atoms with van der Waals surface area (Å²) in [4.78, 5) is 74.0. The molecule has 0 spiro atoms. The smallest absolute Gasteiger partial charge is 0.416 e. The van der Waals surface area contributed by atoms with E-state index in [1.807, 2.05) is 23.1 Å². The summed E-state index contributed by atoms with van der Waals surface area (Å²) < 4.78 is 58.7. The standard InChI is InChI=1S/C52H67F3N10O7/c1-33(2)62(3)37-10-14-45(65-22-17-43(51(65)69)60-48-40-28-36(52(53,54)55)9-13-42(40)58-32-59-48)44(29-37)61-49(67)34-7-11-38(12-8-34)72-39-15-20-64(21-16-39)23-25-71-27-26-70-24-19-57-50(68)41-30-46(66)63(4)47(41)35-6-5-18-56-31-35/h5-9,11-13,18,28,31-33,37,39,41,43-45,47H,10,14-17,19-27,29-30H2,1-4H3,(H,57,68)(H,61,67)(H,58,59,60)/t37-,41+,43+,44-,45+,47-/m1/s1. The van der Waals surface area contributed by atoms with Crippen molar-refractivity contribution >= 4 is 40.3 Å². The Labute approximate surface area is 418 Å². The normalized spacial score (nSPS) is 23.3. The number of carbonyl (C=O) groups is 4. The maximum absolute atomic E-state index is 14.1. The SMILES string of the molecule is CC(C)N(C)[C@@H]1CC[C@H](N2CC[C@H](Nc3ncnc4ccc(C(F)(F)F)cc34)C2=O)[C@H](NC(=O)c2ccc(OC3CCN(CCOCCOCCNC(=O)[C@H]4CC(=O)N(C)[C@@H]4c4cccnc4)CC3)cc2)C1. The number of rotatable bonds is 20. The summed E-state index contributed by atoms with van der Waals surface area (Å²) in [5.74, 6) is -0.304. The molecule has 2 aromatic carbocycles. The average molecular weight is 1000 g/mol. The molecule has 8 rings (SSSR count). The number of piperidine rings is 1. The van der Waals surface area contributed by atoms with Crippen molar-refractivity contribution in [2.24, 2.45) is 5.92 Å². The van der Waals surface area contributed by atoms with E-state index in [0.717, 1.165) is 56.6 Å². The van der Waals surface area contributed by atoms with E-state index in [1.165, 1.54) is 12.4 Å². The number of nitrogens with one attached hydrogen (secondary N) is 3. The van der Waals surface area contributed by atoms with Crippen molar-refractivity contribution < 1.29 is 46.6 Å². The molecule has 0 bridgehead atoms. The van der Waals surface area contributed by atoms with E-state index in [9.17, 15) is 32.3 Å². The largest absolute Gasteiger partial charge is 0.490 e. The van der Waals surface area contributed by atoms with Gasteiger partial charge in [-0.1, -0.05) is 6.07 Å². The summed E-state index contributed by atoms with van der Waals surface area (Å²) in [5, 5.41) is 9.50. The van der Waals surface area contributed by atoms with Gasteiger partial charge in [-0.25, -0.2) is 9.97 Å². The van der Waals surface area contributed by atoms with Crippen LogP contribution in [0.15, 0.2) is 73.3 Å². The van der Waals surface area contributed by atoms with Gasteiger partial charge in [0.25, 0.3) is 5.91 Å². The van der Waals surface area contributed by atoms with Crippen molar-refractivity contribution in [3.8, 4) is 5.75 Å². The molecule has 4 amide bonds. The highest BCUT2D eigenvalue weighted by Gasteiger charge is 2.45. The molecule has 5 heterocycles. The number of hydrogen-bond donors (Lipinski definition) is 3. The Morgan fingerprint density at radius 3 is 2.40 bits per heavy atom. The second-order valence-corrected chi connectivity index (χ2v) is 19.6. The maximum Gasteiger partial charge on any atom is 0.416 e. The van der Waals surface area contributed by atoms with Crippen LogP contribution in [0.25, 0.3) is 10.9 Å². The zero-order valence-corrected chi connectivity index (χ0v) is 41.5. The molecule has 6 atom stereocenters. The number of benzene rings is 2. The van der Waals surface area contributed by atoms with E-state index in [2.05, 4.69) is 61.6 Å². The zero-order valence-electron chi connectivity index (χ0n) is 41.5. The molecule has 4 aliphatic rings. The summed E-state index contributed by atoms with van der Waals surface area (Å²) in [7, 11) is 3.80. The Morgan fingerprint density at radius 2 is 1.68 bits per heavy atom. The number of anilines is 1. The van der Waals surface area contributed by atoms with Gasteiger partial charge in [0, 0.05) is 81.6 Å². The first kappa shape index (κ1) is 52.4. The van der Waals surface area contributed by atoms with E-state index >= 15 is 0 Å². The zero-order chi connectivity index (χ0) is 50.9. The maximum atomic E-state index is 14.1. The molecule has 2 aromatic heterocycles. The number of hydrogen-bond acceptors (Lipinski definition) is 13. The number of fused-ring (bicyclic) bond motifs is 1. The van der Waals surface area contributed by atoms with Crippen molar-refractivity contribution in [2.75, 3.05) is 78.6 Å². The van der Waals surface area contributed by atoms with Crippen molar-refractivity contribution in [1.82, 2.24) is 45.2 Å². The molecule has 1 saturated carbocycles. The highest BCUT2D eigenvalue weighted by molar-refractivity contribution is 5.95. The first-order chi connectivity index (χ1) is 34.6. The molecule has 4 fully saturated rings. The number of aromatic nitrogens is 3. The molecule has 3 aliphatic heterocycles. The van der Waals surface area contributed by atoms with Crippen LogP contribution in [0.3, 0.4) is 0 Å². The summed E-state index contributed by atoms with van der Waals surface area (Å²) in [6.45, 7) is 9.28. The Morgan fingerprint density at radius 1 is 0.917 bits per heavy atom. The molecule has 0 unspecified atom stereocenters. The third kappa shape index (κ3) is 12.8. The van der Waals surface area contributed by atoms with E-state index in [1.54, 1.807) is 42.5 Å². The lowest BCUT2D eigenvalue weighted by molar-refractivity contribution is -0.137. The second-order valence-electron chi connectivity index (χ2n) is 19.6. The lowest BCUT2D eigenvalue weighted by atomic mass is 9.84. The van der Waals surface area contributed by atoms with E-state index in [-0.39, 0.29) is 77.6 Å². The predicted molar refractivity (Wildman–Crippen MR) is 263 cm³/mol. The Hall–Kier alpha value is -5.96. The second kappa shape index (κ2) is 23.7. The minimum atomic E-state index is -4.55. The van der Waals surface area contributed by atoms with Gasteiger partial charge in [0.05, 0.1) is 61.6 Å². The van der Waals surface area contributed by atoms with E-state index in [4.69, 9.17) is 14.2 Å². The highest BCUT2D eigenvalue weighted by Crippen LogP contribution is 2.37. The Kier molecular flexibility index (Phi) is 17.3. The van der Waals surface area contributed by atoms with Crippen molar-refractivity contribution in [2.45, 2.75) is 107 Å². The summed E-state index contributed by atoms with van der Waals surface area (Å²) >= 11 is 0. The number of likely N-dealkylation sites (tertiary alicyclic amines) is 3. The van der Waals surface area contributed by atoms with Crippen LogP contribution in [-0.4, -0.2) is 168 Å². The first-order valence-electron chi connectivity index (χ1n) is 25.1. The number of alkyl halides is 3. The topological polar surface area (TPSA) is 184 Å². The van der Waals surface area contributed by atoms with Gasteiger partial charge in [0.2, 0.25) is 17.7 Å². The van der Waals surface area contributed by atoms with Crippen LogP contribution < -0.4 is 20.7 Å². The molecule has 1 aliphatic carbocycles. The van der Waals surface area contributed by atoms with Crippen molar-refractivity contribution in [3.05, 3.63) is 90.0 Å².